The molecular formula is C5H10NOPS. The molecule has 0 N–H and O–H groups in total. The van der Waals surface area contributed by atoms with Gasteiger partial charge in [0.2, 0.25) is 0 Å². The Bertz CT molecular complexity index is 166. The number of thiocarbonyl (C=S) groups is 1. The van der Waals surface area contributed by atoms with Crippen LogP contribution >= 0.6 is 19.5 Å². The van der Waals surface area contributed by atoms with Crippen molar-refractivity contribution in [3.05, 3.63) is 0 Å². The lowest BCUT2D eigenvalue weighted by molar-refractivity contribution is 0.577. The van der Waals surface area contributed by atoms with E-state index >= 15 is 0 Å². The standard InChI is InChI=1S/C5H10NOPS/c1-3-8(7,4-2)6-5-9/h3-4H2,1-2H3. The van der Waals surface area contributed by atoms with Crippen LogP contribution in [0.3, 0.4) is 0 Å². The van der Waals surface area contributed by atoms with Crippen LogP contribution in [0, 0.1) is 0 Å². The summed E-state index contributed by atoms with van der Waals surface area (Å²) in [6, 6.07) is 0. The lowest BCUT2D eigenvalue weighted by Crippen LogP contribution is -1.83. The molecule has 0 radical (unpaired) electrons. The summed E-state index contributed by atoms with van der Waals surface area (Å²) in [6.07, 6.45) is 1.18. The van der Waals surface area contributed by atoms with Gasteiger partial charge in [-0.3, -0.25) is 4.57 Å². The third-order valence-corrected chi connectivity index (χ3v) is 3.88. The van der Waals surface area contributed by atoms with Gasteiger partial charge in [0.15, 0.2) is 7.29 Å². The van der Waals surface area contributed by atoms with Gasteiger partial charge in [0.05, 0.1) is 5.16 Å². The van der Waals surface area contributed by atoms with Crippen LogP contribution in [0.4, 0.5) is 0 Å². The van der Waals surface area contributed by atoms with Crippen molar-refractivity contribution < 1.29 is 4.57 Å². The minimum absolute atomic E-state index is 0.590. The van der Waals surface area contributed by atoms with E-state index in [1.54, 1.807) is 0 Å². The summed E-state index contributed by atoms with van der Waals surface area (Å²) in [5.74, 6) is 0. The lowest BCUT2D eigenvalue weighted by Gasteiger charge is -2.02. The molecule has 0 aromatic rings. The highest BCUT2D eigenvalue weighted by molar-refractivity contribution is 7.78. The molecule has 2 nitrogen and oxygen atoms in total. The Kier molecular flexibility index (Phi) is 3.96. The number of isothiocyanates is 1. The topological polar surface area (TPSA) is 29.4 Å². The average molecular weight is 163 g/mol. The van der Waals surface area contributed by atoms with Crippen LogP contribution < -0.4 is 0 Å². The third kappa shape index (κ3) is 2.90. The monoisotopic (exact) mass is 163 g/mol. The van der Waals surface area contributed by atoms with Crippen LogP contribution in [0.2, 0.25) is 0 Å². The molecule has 0 atom stereocenters. The Hall–Kier alpha value is 0.0300. The first-order valence-electron chi connectivity index (χ1n) is 2.86. The van der Waals surface area contributed by atoms with Crippen LogP contribution in [-0.2, 0) is 4.57 Å². The maximum atomic E-state index is 11.3. The molecule has 52 valence electrons. The Balaban J connectivity index is 4.28. The Morgan fingerprint density at radius 3 is 2.11 bits per heavy atom. The van der Waals surface area contributed by atoms with Gasteiger partial charge in [-0.15, -0.1) is 0 Å². The quantitative estimate of drug-likeness (QED) is 0.363. The Labute approximate surface area is 60.8 Å². The zero-order chi connectivity index (χ0) is 7.33. The number of hydrogen-bond acceptors (Lipinski definition) is 2. The summed E-state index contributed by atoms with van der Waals surface area (Å²) in [5, 5.41) is 2.16. The molecule has 0 bridgehead atoms. The van der Waals surface area contributed by atoms with Crippen LogP contribution in [0.1, 0.15) is 13.8 Å². The first kappa shape index (κ1) is 9.03. The SMILES string of the molecule is CCP(=O)(CC)N=C=S. The fraction of sp³-hybridized carbons (Fsp3) is 0.800. The molecular weight excluding hydrogens is 153 g/mol. The third-order valence-electron chi connectivity index (χ3n) is 1.21. The van der Waals surface area contributed by atoms with Gasteiger partial charge < -0.3 is 0 Å². The van der Waals surface area contributed by atoms with Gasteiger partial charge in [-0.25, -0.2) is 0 Å². The van der Waals surface area contributed by atoms with Crippen molar-refractivity contribution in [2.24, 2.45) is 4.76 Å². The van der Waals surface area contributed by atoms with Crippen molar-refractivity contribution in [2.75, 3.05) is 12.3 Å². The minimum Gasteiger partial charge on any atom is -0.298 e. The number of rotatable bonds is 3. The average Bonchev–Trinajstić information content (AvgIpc) is 1.89. The maximum absolute atomic E-state index is 11.3. The highest BCUT2D eigenvalue weighted by Crippen LogP contribution is 2.45. The first-order chi connectivity index (χ1) is 4.18. The molecule has 0 aliphatic rings. The second-order valence-electron chi connectivity index (χ2n) is 1.67. The number of hydrogen-bond donors (Lipinski definition) is 0. The number of nitrogens with zero attached hydrogens (tertiary/aromatic N) is 1. The van der Waals surface area contributed by atoms with E-state index < -0.39 is 7.29 Å². The van der Waals surface area contributed by atoms with Gasteiger partial charge in [0, 0.05) is 12.3 Å². The van der Waals surface area contributed by atoms with Gasteiger partial charge in [0.25, 0.3) is 0 Å². The van der Waals surface area contributed by atoms with E-state index in [9.17, 15) is 4.57 Å². The Morgan fingerprint density at radius 2 is 2.00 bits per heavy atom. The molecule has 0 aliphatic heterocycles. The largest absolute Gasteiger partial charge is 0.298 e. The van der Waals surface area contributed by atoms with Crippen molar-refractivity contribution in [1.29, 1.82) is 0 Å². The van der Waals surface area contributed by atoms with Crippen molar-refractivity contribution in [1.82, 2.24) is 0 Å². The second kappa shape index (κ2) is 3.94. The van der Waals surface area contributed by atoms with Gasteiger partial charge >= 0.3 is 0 Å². The highest BCUT2D eigenvalue weighted by atomic mass is 32.1. The summed E-state index contributed by atoms with van der Waals surface area (Å²) in [6.45, 7) is 3.70. The highest BCUT2D eigenvalue weighted by Gasteiger charge is 2.12. The van der Waals surface area contributed by atoms with E-state index in [2.05, 4.69) is 22.1 Å². The van der Waals surface area contributed by atoms with Gasteiger partial charge in [-0.2, -0.15) is 4.76 Å². The van der Waals surface area contributed by atoms with Gasteiger partial charge in [-0.05, 0) is 12.2 Å². The predicted molar refractivity (Wildman–Crippen MR) is 43.7 cm³/mol. The van der Waals surface area contributed by atoms with E-state index in [1.165, 1.54) is 0 Å². The fourth-order valence-electron chi connectivity index (χ4n) is 0.439. The molecule has 0 spiro atoms. The van der Waals surface area contributed by atoms with Crippen molar-refractivity contribution >= 4 is 24.7 Å². The smallest absolute Gasteiger partial charge is 0.199 e. The van der Waals surface area contributed by atoms with E-state index in [0.717, 1.165) is 0 Å². The van der Waals surface area contributed by atoms with Crippen LogP contribution in [0.15, 0.2) is 4.76 Å². The zero-order valence-corrected chi connectivity index (χ0v) is 7.34. The molecule has 0 unspecified atom stereocenters. The maximum Gasteiger partial charge on any atom is 0.199 e. The zero-order valence-electron chi connectivity index (χ0n) is 5.63. The van der Waals surface area contributed by atoms with Crippen LogP contribution in [0.5, 0.6) is 0 Å². The van der Waals surface area contributed by atoms with Crippen molar-refractivity contribution in [2.45, 2.75) is 13.8 Å². The molecule has 9 heavy (non-hydrogen) atoms. The predicted octanol–water partition coefficient (Wildman–Crippen LogP) is 2.41. The molecule has 0 saturated heterocycles. The van der Waals surface area contributed by atoms with Crippen LogP contribution in [-0.4, -0.2) is 17.5 Å². The lowest BCUT2D eigenvalue weighted by atomic mass is 11.0. The van der Waals surface area contributed by atoms with E-state index in [-0.39, 0.29) is 0 Å². The molecule has 0 saturated carbocycles. The summed E-state index contributed by atoms with van der Waals surface area (Å²) >= 11 is 4.34. The molecule has 0 heterocycles. The molecule has 4 heteroatoms. The molecule has 0 aromatic heterocycles. The Morgan fingerprint density at radius 1 is 1.56 bits per heavy atom. The normalized spacial score (nSPS) is 10.4. The summed E-state index contributed by atoms with van der Waals surface area (Å²) in [7, 11) is -2.27. The summed E-state index contributed by atoms with van der Waals surface area (Å²) in [5.41, 5.74) is 0. The summed E-state index contributed by atoms with van der Waals surface area (Å²) < 4.78 is 14.9. The summed E-state index contributed by atoms with van der Waals surface area (Å²) in [4.78, 5) is 0. The first-order valence-corrected chi connectivity index (χ1v) is 5.30. The molecule has 0 aromatic carbocycles. The van der Waals surface area contributed by atoms with Gasteiger partial charge in [0.1, 0.15) is 0 Å². The van der Waals surface area contributed by atoms with E-state index in [1.807, 2.05) is 13.8 Å². The second-order valence-corrected chi connectivity index (χ2v) is 5.01. The molecule has 0 fully saturated rings. The van der Waals surface area contributed by atoms with Crippen molar-refractivity contribution in [3.63, 3.8) is 0 Å². The molecule has 0 amide bonds. The van der Waals surface area contributed by atoms with Crippen LogP contribution in [0.25, 0.3) is 0 Å². The van der Waals surface area contributed by atoms with E-state index in [0.29, 0.717) is 12.3 Å². The van der Waals surface area contributed by atoms with Gasteiger partial charge in [-0.1, -0.05) is 13.8 Å². The molecule has 0 aliphatic carbocycles. The van der Waals surface area contributed by atoms with E-state index in [4.69, 9.17) is 0 Å². The van der Waals surface area contributed by atoms with Crippen molar-refractivity contribution in [3.8, 4) is 0 Å². The minimum atomic E-state index is -2.27. The molecule has 0 rings (SSSR count). The fourth-order valence-corrected chi connectivity index (χ4v) is 1.76.